The van der Waals surface area contributed by atoms with Gasteiger partial charge in [-0.25, -0.2) is 0 Å². The molecule has 0 aromatic rings. The molecule has 0 aromatic carbocycles. The number of carbonyl (C=O) groups is 1. The Bertz CT molecular complexity index is 257. The monoisotopic (exact) mass is 241 g/mol. The summed E-state index contributed by atoms with van der Waals surface area (Å²) in [5, 5.41) is 12.8. The summed E-state index contributed by atoms with van der Waals surface area (Å²) >= 11 is 0. The first-order valence-electron chi connectivity index (χ1n) is 6.78. The average molecular weight is 241 g/mol. The number of aliphatic hydroxyl groups excluding tert-OH is 1. The fourth-order valence-corrected chi connectivity index (χ4v) is 2.13. The van der Waals surface area contributed by atoms with Gasteiger partial charge < -0.3 is 10.4 Å². The largest absolute Gasteiger partial charge is 0.391 e. The lowest BCUT2D eigenvalue weighted by Gasteiger charge is -2.30. The molecule has 100 valence electrons. The second-order valence-electron chi connectivity index (χ2n) is 6.50. The van der Waals surface area contributed by atoms with Crippen molar-refractivity contribution < 1.29 is 9.90 Å². The molecule has 0 radical (unpaired) electrons. The molecular formula is C14H27NO2. The first-order chi connectivity index (χ1) is 7.80. The maximum Gasteiger partial charge on any atom is 0.220 e. The van der Waals surface area contributed by atoms with Gasteiger partial charge in [-0.15, -0.1) is 0 Å². The summed E-state index contributed by atoms with van der Waals surface area (Å²) in [6.07, 6.45) is 4.11. The third-order valence-corrected chi connectivity index (χ3v) is 4.05. The van der Waals surface area contributed by atoms with E-state index in [1.165, 1.54) is 0 Å². The summed E-state index contributed by atoms with van der Waals surface area (Å²) in [6.45, 7) is 8.57. The van der Waals surface area contributed by atoms with E-state index in [0.29, 0.717) is 12.3 Å². The maximum absolute atomic E-state index is 11.9. The minimum absolute atomic E-state index is 0.0246. The van der Waals surface area contributed by atoms with E-state index in [1.807, 2.05) is 0 Å². The molecule has 3 nitrogen and oxygen atoms in total. The van der Waals surface area contributed by atoms with Gasteiger partial charge in [0.15, 0.2) is 0 Å². The zero-order valence-electron chi connectivity index (χ0n) is 11.6. The zero-order chi connectivity index (χ0) is 13.1. The number of hydrogen-bond donors (Lipinski definition) is 2. The molecule has 1 saturated carbocycles. The predicted octanol–water partition coefficient (Wildman–Crippen LogP) is 2.48. The molecule has 3 heteroatoms. The standard InChI is InChI=1S/C14H27NO2/c1-10(14(2,3)4)9-13(17)15-11-7-5-6-8-12(11)16/h10-12,16H,5-9H2,1-4H3,(H,15,17)/t10?,11-,12-/m0/s1. The number of nitrogens with one attached hydrogen (secondary N) is 1. The van der Waals surface area contributed by atoms with E-state index < -0.39 is 0 Å². The Morgan fingerprint density at radius 2 is 1.94 bits per heavy atom. The Morgan fingerprint density at radius 1 is 1.35 bits per heavy atom. The van der Waals surface area contributed by atoms with Crippen molar-refractivity contribution in [1.82, 2.24) is 5.32 Å². The van der Waals surface area contributed by atoms with Crippen molar-refractivity contribution in [3.63, 3.8) is 0 Å². The van der Waals surface area contributed by atoms with E-state index in [2.05, 4.69) is 33.0 Å². The van der Waals surface area contributed by atoms with Gasteiger partial charge >= 0.3 is 0 Å². The van der Waals surface area contributed by atoms with Crippen molar-refractivity contribution in [2.24, 2.45) is 11.3 Å². The van der Waals surface area contributed by atoms with Crippen molar-refractivity contribution in [3.05, 3.63) is 0 Å². The molecule has 1 rings (SSSR count). The van der Waals surface area contributed by atoms with E-state index in [0.717, 1.165) is 25.7 Å². The topological polar surface area (TPSA) is 49.3 Å². The summed E-state index contributed by atoms with van der Waals surface area (Å²) in [6, 6.07) is -0.0246. The smallest absolute Gasteiger partial charge is 0.220 e. The van der Waals surface area contributed by atoms with Crippen LogP contribution in [-0.4, -0.2) is 23.2 Å². The molecule has 1 amide bonds. The minimum atomic E-state index is -0.349. The molecule has 2 N–H and O–H groups in total. The Morgan fingerprint density at radius 3 is 2.47 bits per heavy atom. The molecule has 0 aliphatic heterocycles. The van der Waals surface area contributed by atoms with Gasteiger partial charge in [0.25, 0.3) is 0 Å². The molecule has 1 aliphatic rings. The fourth-order valence-electron chi connectivity index (χ4n) is 2.13. The molecule has 0 saturated heterocycles. The summed E-state index contributed by atoms with van der Waals surface area (Å²) in [4.78, 5) is 11.9. The second kappa shape index (κ2) is 5.85. The number of aliphatic hydroxyl groups is 1. The predicted molar refractivity (Wildman–Crippen MR) is 69.6 cm³/mol. The lowest BCUT2D eigenvalue weighted by atomic mass is 9.80. The fraction of sp³-hybridized carbons (Fsp3) is 0.929. The van der Waals surface area contributed by atoms with E-state index in [9.17, 15) is 9.90 Å². The Labute approximate surface area is 105 Å². The first-order valence-corrected chi connectivity index (χ1v) is 6.78. The van der Waals surface area contributed by atoms with Gasteiger partial charge in [0, 0.05) is 6.42 Å². The molecule has 17 heavy (non-hydrogen) atoms. The third kappa shape index (κ3) is 4.66. The number of carbonyl (C=O) groups excluding carboxylic acids is 1. The van der Waals surface area contributed by atoms with Crippen LogP contribution in [0.2, 0.25) is 0 Å². The van der Waals surface area contributed by atoms with Crippen molar-refractivity contribution in [1.29, 1.82) is 0 Å². The van der Waals surface area contributed by atoms with E-state index in [-0.39, 0.29) is 23.5 Å². The van der Waals surface area contributed by atoms with Gasteiger partial charge in [-0.2, -0.15) is 0 Å². The van der Waals surface area contributed by atoms with Gasteiger partial charge in [-0.05, 0) is 24.2 Å². The third-order valence-electron chi connectivity index (χ3n) is 4.05. The Kier molecular flexibility index (Phi) is 4.99. The lowest BCUT2D eigenvalue weighted by Crippen LogP contribution is -2.45. The van der Waals surface area contributed by atoms with Crippen LogP contribution >= 0.6 is 0 Å². The van der Waals surface area contributed by atoms with Crippen LogP contribution in [0.15, 0.2) is 0 Å². The quantitative estimate of drug-likeness (QED) is 0.797. The first kappa shape index (κ1) is 14.5. The highest BCUT2D eigenvalue weighted by molar-refractivity contribution is 5.76. The highest BCUT2D eigenvalue weighted by Crippen LogP contribution is 2.28. The molecule has 0 bridgehead atoms. The highest BCUT2D eigenvalue weighted by atomic mass is 16.3. The molecule has 0 spiro atoms. The molecule has 0 aromatic heterocycles. The summed E-state index contributed by atoms with van der Waals surface area (Å²) in [5.74, 6) is 0.432. The van der Waals surface area contributed by atoms with E-state index >= 15 is 0 Å². The van der Waals surface area contributed by atoms with Crippen molar-refractivity contribution >= 4 is 5.91 Å². The van der Waals surface area contributed by atoms with E-state index in [4.69, 9.17) is 0 Å². The van der Waals surface area contributed by atoms with Crippen LogP contribution in [0.3, 0.4) is 0 Å². The number of rotatable bonds is 3. The van der Waals surface area contributed by atoms with E-state index in [1.54, 1.807) is 0 Å². The second-order valence-corrected chi connectivity index (χ2v) is 6.50. The Balaban J connectivity index is 2.38. The normalized spacial score (nSPS) is 27.6. The SMILES string of the molecule is CC(CC(=O)N[C@H]1CCCC[C@@H]1O)C(C)(C)C. The van der Waals surface area contributed by atoms with Gasteiger partial charge in [-0.3, -0.25) is 4.79 Å². The number of amides is 1. The molecule has 3 atom stereocenters. The summed E-state index contributed by atoms with van der Waals surface area (Å²) < 4.78 is 0. The zero-order valence-corrected chi connectivity index (χ0v) is 11.6. The summed E-state index contributed by atoms with van der Waals surface area (Å²) in [7, 11) is 0. The molecule has 1 aliphatic carbocycles. The van der Waals surface area contributed by atoms with Crippen LogP contribution < -0.4 is 5.32 Å². The highest BCUT2D eigenvalue weighted by Gasteiger charge is 2.27. The van der Waals surface area contributed by atoms with Gasteiger partial charge in [-0.1, -0.05) is 40.5 Å². The molecule has 1 unspecified atom stereocenters. The number of hydrogen-bond acceptors (Lipinski definition) is 2. The van der Waals surface area contributed by atoms with Crippen molar-refractivity contribution in [2.45, 2.75) is 71.9 Å². The van der Waals surface area contributed by atoms with Crippen LogP contribution in [0.5, 0.6) is 0 Å². The van der Waals surface area contributed by atoms with Crippen LogP contribution in [0.1, 0.15) is 59.8 Å². The lowest BCUT2D eigenvalue weighted by molar-refractivity contribution is -0.124. The van der Waals surface area contributed by atoms with Gasteiger partial charge in [0.05, 0.1) is 12.1 Å². The van der Waals surface area contributed by atoms with Crippen LogP contribution in [0.4, 0.5) is 0 Å². The van der Waals surface area contributed by atoms with Crippen LogP contribution in [0, 0.1) is 11.3 Å². The van der Waals surface area contributed by atoms with Gasteiger partial charge in [0.1, 0.15) is 0 Å². The molecule has 1 fully saturated rings. The van der Waals surface area contributed by atoms with Crippen molar-refractivity contribution in [3.8, 4) is 0 Å². The van der Waals surface area contributed by atoms with Crippen LogP contribution in [-0.2, 0) is 4.79 Å². The van der Waals surface area contributed by atoms with Crippen LogP contribution in [0.25, 0.3) is 0 Å². The molecular weight excluding hydrogens is 214 g/mol. The summed E-state index contributed by atoms with van der Waals surface area (Å²) in [5.41, 5.74) is 0.155. The average Bonchev–Trinajstić information content (AvgIpc) is 2.20. The van der Waals surface area contributed by atoms with Crippen molar-refractivity contribution in [2.75, 3.05) is 0 Å². The Hall–Kier alpha value is -0.570. The molecule has 0 heterocycles. The maximum atomic E-state index is 11.9. The van der Waals surface area contributed by atoms with Gasteiger partial charge in [0.2, 0.25) is 5.91 Å². The minimum Gasteiger partial charge on any atom is -0.391 e.